The van der Waals surface area contributed by atoms with Gasteiger partial charge in [-0.2, -0.15) is 0 Å². The van der Waals surface area contributed by atoms with E-state index in [9.17, 15) is 4.79 Å². The largest absolute Gasteiger partial charge is 0.465 e. The molecule has 2 aromatic heterocycles. The number of methoxy groups -OCH3 is 1. The molecule has 0 radical (unpaired) electrons. The van der Waals surface area contributed by atoms with Crippen molar-refractivity contribution < 1.29 is 18.4 Å². The highest BCUT2D eigenvalue weighted by molar-refractivity contribution is 5.90. The Morgan fingerprint density at radius 1 is 1.30 bits per heavy atom. The summed E-state index contributed by atoms with van der Waals surface area (Å²) in [7, 11) is 1.34. The molecule has 8 nitrogen and oxygen atoms in total. The number of nitrogens with zero attached hydrogens (tertiary/aromatic N) is 2. The van der Waals surface area contributed by atoms with Crippen molar-refractivity contribution in [3.63, 3.8) is 0 Å². The van der Waals surface area contributed by atoms with E-state index in [0.29, 0.717) is 42.0 Å². The van der Waals surface area contributed by atoms with Crippen molar-refractivity contribution in [2.24, 2.45) is 4.99 Å². The fraction of sp³-hybridized carbons (Fsp3) is 0.526. The van der Waals surface area contributed by atoms with Crippen LogP contribution in [-0.4, -0.2) is 30.6 Å². The third-order valence-electron chi connectivity index (χ3n) is 3.81. The van der Waals surface area contributed by atoms with Gasteiger partial charge in [-0.25, -0.2) is 14.8 Å². The van der Waals surface area contributed by atoms with Crippen molar-refractivity contribution in [3.05, 3.63) is 41.0 Å². The molecule has 0 unspecified atom stereocenters. The fourth-order valence-corrected chi connectivity index (χ4v) is 2.33. The number of esters is 1. The second-order valence-electron chi connectivity index (χ2n) is 7.09. The summed E-state index contributed by atoms with van der Waals surface area (Å²) in [6.07, 6.45) is 1.75. The monoisotopic (exact) mass is 376 g/mol. The lowest BCUT2D eigenvalue weighted by Crippen LogP contribution is -2.36. The maximum Gasteiger partial charge on any atom is 0.341 e. The number of aliphatic imine (C=N–C) groups is 1. The number of carbonyl (C=O) groups excluding carboxylic acids is 1. The highest BCUT2D eigenvalue weighted by Crippen LogP contribution is 2.22. The van der Waals surface area contributed by atoms with Crippen LogP contribution < -0.4 is 10.6 Å². The molecule has 0 fully saturated rings. The van der Waals surface area contributed by atoms with Gasteiger partial charge in [0, 0.05) is 12.0 Å². The zero-order chi connectivity index (χ0) is 20.0. The van der Waals surface area contributed by atoms with Gasteiger partial charge in [0.2, 0.25) is 5.89 Å². The number of carbonyl (C=O) groups is 1. The number of aryl methyl sites for hydroxylation is 1. The zero-order valence-electron chi connectivity index (χ0n) is 16.8. The number of guanidine groups is 1. The Morgan fingerprint density at radius 3 is 2.63 bits per heavy atom. The average molecular weight is 376 g/mol. The second-order valence-corrected chi connectivity index (χ2v) is 7.09. The topological polar surface area (TPSA) is 102 Å². The highest BCUT2D eigenvalue weighted by Gasteiger charge is 2.19. The van der Waals surface area contributed by atoms with Crippen molar-refractivity contribution >= 4 is 11.9 Å². The highest BCUT2D eigenvalue weighted by atomic mass is 16.5. The smallest absolute Gasteiger partial charge is 0.341 e. The molecule has 148 valence electrons. The van der Waals surface area contributed by atoms with Crippen molar-refractivity contribution in [1.29, 1.82) is 0 Å². The van der Waals surface area contributed by atoms with Gasteiger partial charge >= 0.3 is 5.97 Å². The molecule has 0 aromatic carbocycles. The van der Waals surface area contributed by atoms with Gasteiger partial charge in [0.05, 0.1) is 19.9 Å². The molecule has 0 bridgehead atoms. The molecule has 27 heavy (non-hydrogen) atoms. The maximum atomic E-state index is 11.7. The Kier molecular flexibility index (Phi) is 6.65. The first kappa shape index (κ1) is 20.5. The predicted molar refractivity (Wildman–Crippen MR) is 102 cm³/mol. The molecule has 0 saturated heterocycles. The van der Waals surface area contributed by atoms with Gasteiger partial charge < -0.3 is 24.2 Å². The Bertz CT molecular complexity index is 799. The third kappa shape index (κ3) is 5.60. The van der Waals surface area contributed by atoms with Crippen LogP contribution in [0.1, 0.15) is 61.2 Å². The van der Waals surface area contributed by atoms with E-state index >= 15 is 0 Å². The molecule has 8 heteroatoms. The number of hydrogen-bond acceptors (Lipinski definition) is 6. The van der Waals surface area contributed by atoms with Crippen LogP contribution in [-0.2, 0) is 23.2 Å². The minimum atomic E-state index is -0.421. The summed E-state index contributed by atoms with van der Waals surface area (Å²) in [5, 5.41) is 6.33. The van der Waals surface area contributed by atoms with E-state index in [1.165, 1.54) is 7.11 Å². The van der Waals surface area contributed by atoms with Crippen LogP contribution in [0, 0.1) is 6.92 Å². The van der Waals surface area contributed by atoms with Crippen LogP contribution in [0.4, 0.5) is 0 Å². The lowest BCUT2D eigenvalue weighted by atomic mass is 9.94. The van der Waals surface area contributed by atoms with Crippen molar-refractivity contribution in [1.82, 2.24) is 15.6 Å². The van der Waals surface area contributed by atoms with Gasteiger partial charge in [-0.05, 0) is 19.9 Å². The average Bonchev–Trinajstić information content (AvgIpc) is 3.23. The number of hydrogen-bond donors (Lipinski definition) is 2. The Balaban J connectivity index is 2.02. The summed E-state index contributed by atoms with van der Waals surface area (Å²) in [6.45, 7) is 11.3. The van der Waals surface area contributed by atoms with Crippen molar-refractivity contribution in [2.45, 2.75) is 53.1 Å². The van der Waals surface area contributed by atoms with E-state index in [1.807, 2.05) is 6.92 Å². The van der Waals surface area contributed by atoms with Gasteiger partial charge in [-0.1, -0.05) is 20.8 Å². The first-order valence-electron chi connectivity index (χ1n) is 8.89. The number of oxazole rings is 1. The molecule has 0 atom stereocenters. The molecule has 2 N–H and O–H groups in total. The van der Waals surface area contributed by atoms with E-state index in [1.54, 1.807) is 19.2 Å². The molecule has 0 spiro atoms. The number of nitrogens with one attached hydrogen (secondary N) is 2. The number of rotatable bonds is 6. The van der Waals surface area contributed by atoms with E-state index in [0.717, 1.165) is 5.76 Å². The number of aromatic nitrogens is 1. The third-order valence-corrected chi connectivity index (χ3v) is 3.81. The molecule has 0 amide bonds. The fourth-order valence-electron chi connectivity index (χ4n) is 2.33. The SMILES string of the molecule is CCNC(=NCc1cc(C(=O)OC)c(C)o1)NCc1ncc(C(C)(C)C)o1. The molecule has 2 rings (SSSR count). The standard InChI is InChI=1S/C19H28N4O4/c1-7-20-18(23-11-16-21-10-15(27-16)19(3,4)5)22-9-13-8-14(12(2)26-13)17(24)25-6/h8,10H,7,9,11H2,1-6H3,(H2,20,22,23). The minimum absolute atomic E-state index is 0.0850. The summed E-state index contributed by atoms with van der Waals surface area (Å²) < 4.78 is 16.1. The lowest BCUT2D eigenvalue weighted by Gasteiger charge is -2.13. The molecule has 2 heterocycles. The van der Waals surface area contributed by atoms with E-state index < -0.39 is 5.97 Å². The summed E-state index contributed by atoms with van der Waals surface area (Å²) in [4.78, 5) is 20.4. The summed E-state index contributed by atoms with van der Waals surface area (Å²) in [5.74, 6) is 2.70. The van der Waals surface area contributed by atoms with Gasteiger partial charge in [0.25, 0.3) is 0 Å². The van der Waals surface area contributed by atoms with Gasteiger partial charge in [-0.15, -0.1) is 0 Å². The molecule has 0 saturated carbocycles. The summed E-state index contributed by atoms with van der Waals surface area (Å²) in [5.41, 5.74) is 0.327. The second kappa shape index (κ2) is 8.75. The predicted octanol–water partition coefficient (Wildman–Crippen LogP) is 2.92. The normalized spacial score (nSPS) is 12.1. The zero-order valence-corrected chi connectivity index (χ0v) is 16.8. The van der Waals surface area contributed by atoms with Crippen LogP contribution in [0.5, 0.6) is 0 Å². The first-order chi connectivity index (χ1) is 12.7. The Labute approximate surface area is 159 Å². The van der Waals surface area contributed by atoms with Crippen molar-refractivity contribution in [3.8, 4) is 0 Å². The summed E-state index contributed by atoms with van der Waals surface area (Å²) >= 11 is 0. The number of ether oxygens (including phenoxy) is 1. The van der Waals surface area contributed by atoms with Gasteiger partial charge in [-0.3, -0.25) is 0 Å². The minimum Gasteiger partial charge on any atom is -0.465 e. The van der Waals surface area contributed by atoms with E-state index in [-0.39, 0.29) is 12.0 Å². The van der Waals surface area contributed by atoms with E-state index in [2.05, 4.69) is 41.4 Å². The van der Waals surface area contributed by atoms with Crippen LogP contribution in [0.25, 0.3) is 0 Å². The summed E-state index contributed by atoms with van der Waals surface area (Å²) in [6, 6.07) is 1.65. The quantitative estimate of drug-likeness (QED) is 0.454. The molecular weight excluding hydrogens is 348 g/mol. The van der Waals surface area contributed by atoms with Gasteiger partial charge in [0.1, 0.15) is 29.4 Å². The Morgan fingerprint density at radius 2 is 2.04 bits per heavy atom. The molecule has 0 aliphatic heterocycles. The maximum absolute atomic E-state index is 11.7. The van der Waals surface area contributed by atoms with Crippen LogP contribution >= 0.6 is 0 Å². The first-order valence-corrected chi connectivity index (χ1v) is 8.89. The molecule has 0 aliphatic carbocycles. The van der Waals surface area contributed by atoms with Crippen LogP contribution in [0.3, 0.4) is 0 Å². The Hall–Kier alpha value is -2.77. The molecular formula is C19H28N4O4. The van der Waals surface area contributed by atoms with E-state index in [4.69, 9.17) is 13.6 Å². The molecule has 2 aromatic rings. The van der Waals surface area contributed by atoms with Gasteiger partial charge in [0.15, 0.2) is 5.96 Å². The number of furan rings is 1. The molecule has 0 aliphatic rings. The lowest BCUT2D eigenvalue weighted by molar-refractivity contribution is 0.0599. The van der Waals surface area contributed by atoms with Crippen molar-refractivity contribution in [2.75, 3.05) is 13.7 Å². The van der Waals surface area contributed by atoms with Crippen LogP contribution in [0.15, 0.2) is 26.1 Å². The van der Waals surface area contributed by atoms with Crippen LogP contribution in [0.2, 0.25) is 0 Å².